The van der Waals surface area contributed by atoms with Gasteiger partial charge in [-0.1, -0.05) is 37.1 Å². The number of halogens is 1. The molecule has 1 amide bonds. The van der Waals surface area contributed by atoms with E-state index in [1.54, 1.807) is 12.1 Å². The van der Waals surface area contributed by atoms with E-state index in [4.69, 9.17) is 16.3 Å². The number of hydrogen-bond acceptors (Lipinski definition) is 2. The van der Waals surface area contributed by atoms with Gasteiger partial charge in [-0.3, -0.25) is 5.32 Å². The summed E-state index contributed by atoms with van der Waals surface area (Å²) >= 11 is 5.97. The SMILES string of the molecule is C[C@H]1CCCC[C@H]1OC(=O)Nc1ccccc1Cl. The van der Waals surface area contributed by atoms with Gasteiger partial charge in [-0.25, -0.2) is 4.79 Å². The Hall–Kier alpha value is -1.22. The monoisotopic (exact) mass is 267 g/mol. The Labute approximate surface area is 112 Å². The van der Waals surface area contributed by atoms with Crippen LogP contribution in [0.4, 0.5) is 10.5 Å². The molecule has 0 saturated heterocycles. The number of amides is 1. The fraction of sp³-hybridized carbons (Fsp3) is 0.500. The highest BCUT2D eigenvalue weighted by Gasteiger charge is 2.24. The molecule has 18 heavy (non-hydrogen) atoms. The zero-order valence-corrected chi connectivity index (χ0v) is 11.2. The molecule has 1 aromatic rings. The van der Waals surface area contributed by atoms with Gasteiger partial charge >= 0.3 is 6.09 Å². The number of carbonyl (C=O) groups excluding carboxylic acids is 1. The van der Waals surface area contributed by atoms with Gasteiger partial charge in [-0.2, -0.15) is 0 Å². The molecule has 0 bridgehead atoms. The van der Waals surface area contributed by atoms with Crippen LogP contribution in [0.25, 0.3) is 0 Å². The quantitative estimate of drug-likeness (QED) is 0.859. The Kier molecular flexibility index (Phi) is 4.48. The van der Waals surface area contributed by atoms with Crippen LogP contribution in [0, 0.1) is 5.92 Å². The number of hydrogen-bond donors (Lipinski definition) is 1. The van der Waals surface area contributed by atoms with Gasteiger partial charge in [0, 0.05) is 0 Å². The predicted molar refractivity (Wildman–Crippen MR) is 73.0 cm³/mol. The molecule has 1 saturated carbocycles. The number of para-hydroxylation sites is 1. The lowest BCUT2D eigenvalue weighted by Crippen LogP contribution is -2.30. The maximum absolute atomic E-state index is 11.8. The van der Waals surface area contributed by atoms with E-state index in [1.165, 1.54) is 6.42 Å². The van der Waals surface area contributed by atoms with Crippen molar-refractivity contribution in [3.63, 3.8) is 0 Å². The molecule has 2 rings (SSSR count). The van der Waals surface area contributed by atoms with Gasteiger partial charge in [-0.05, 0) is 37.3 Å². The Morgan fingerprint density at radius 1 is 1.33 bits per heavy atom. The highest BCUT2D eigenvalue weighted by molar-refractivity contribution is 6.33. The molecule has 1 aliphatic carbocycles. The molecule has 2 atom stereocenters. The molecule has 0 spiro atoms. The molecule has 1 aliphatic rings. The van der Waals surface area contributed by atoms with Crippen molar-refractivity contribution in [1.29, 1.82) is 0 Å². The summed E-state index contributed by atoms with van der Waals surface area (Å²) in [6.45, 7) is 2.13. The van der Waals surface area contributed by atoms with Crippen LogP contribution in [0.2, 0.25) is 5.02 Å². The second kappa shape index (κ2) is 6.10. The minimum atomic E-state index is -0.415. The van der Waals surface area contributed by atoms with E-state index in [1.807, 2.05) is 12.1 Å². The number of rotatable bonds is 2. The summed E-state index contributed by atoms with van der Waals surface area (Å²) in [5.41, 5.74) is 0.590. The minimum Gasteiger partial charge on any atom is -0.446 e. The van der Waals surface area contributed by atoms with E-state index in [-0.39, 0.29) is 6.10 Å². The van der Waals surface area contributed by atoms with Crippen molar-refractivity contribution in [1.82, 2.24) is 0 Å². The Morgan fingerprint density at radius 2 is 2.06 bits per heavy atom. The normalized spacial score (nSPS) is 23.4. The molecular weight excluding hydrogens is 250 g/mol. The van der Waals surface area contributed by atoms with Crippen LogP contribution < -0.4 is 5.32 Å². The largest absolute Gasteiger partial charge is 0.446 e. The van der Waals surface area contributed by atoms with Crippen LogP contribution >= 0.6 is 11.6 Å². The van der Waals surface area contributed by atoms with Crippen LogP contribution in [-0.4, -0.2) is 12.2 Å². The van der Waals surface area contributed by atoms with E-state index in [0.717, 1.165) is 19.3 Å². The smallest absolute Gasteiger partial charge is 0.411 e. The lowest BCUT2D eigenvalue weighted by Gasteiger charge is -2.28. The first kappa shape index (κ1) is 13.2. The fourth-order valence-electron chi connectivity index (χ4n) is 2.30. The Bertz CT molecular complexity index is 422. The average molecular weight is 268 g/mol. The van der Waals surface area contributed by atoms with Crippen molar-refractivity contribution in [3.05, 3.63) is 29.3 Å². The summed E-state index contributed by atoms with van der Waals surface area (Å²) in [5, 5.41) is 3.20. The Balaban J connectivity index is 1.90. The number of benzene rings is 1. The van der Waals surface area contributed by atoms with E-state index in [9.17, 15) is 4.79 Å². The minimum absolute atomic E-state index is 0.0289. The summed E-state index contributed by atoms with van der Waals surface area (Å²) in [7, 11) is 0. The molecule has 1 aromatic carbocycles. The lowest BCUT2D eigenvalue weighted by atomic mass is 9.88. The number of carbonyl (C=O) groups is 1. The third kappa shape index (κ3) is 3.39. The second-order valence-corrected chi connectivity index (χ2v) is 5.22. The lowest BCUT2D eigenvalue weighted by molar-refractivity contribution is 0.0524. The molecule has 0 heterocycles. The highest BCUT2D eigenvalue weighted by atomic mass is 35.5. The molecule has 0 aromatic heterocycles. The molecular formula is C14H18ClNO2. The van der Waals surface area contributed by atoms with E-state index >= 15 is 0 Å². The third-order valence-electron chi connectivity index (χ3n) is 3.40. The van der Waals surface area contributed by atoms with Gasteiger partial charge in [0.1, 0.15) is 6.10 Å². The van der Waals surface area contributed by atoms with Gasteiger partial charge < -0.3 is 4.74 Å². The zero-order valence-electron chi connectivity index (χ0n) is 10.5. The first-order chi connectivity index (χ1) is 8.66. The van der Waals surface area contributed by atoms with E-state index in [0.29, 0.717) is 16.6 Å². The van der Waals surface area contributed by atoms with Crippen molar-refractivity contribution in [2.75, 3.05) is 5.32 Å². The molecule has 0 radical (unpaired) electrons. The fourth-order valence-corrected chi connectivity index (χ4v) is 2.48. The molecule has 1 N–H and O–H groups in total. The molecule has 3 nitrogen and oxygen atoms in total. The molecule has 1 fully saturated rings. The number of nitrogens with one attached hydrogen (secondary N) is 1. The number of ether oxygens (including phenoxy) is 1. The van der Waals surface area contributed by atoms with Crippen molar-refractivity contribution in [2.45, 2.75) is 38.7 Å². The summed E-state index contributed by atoms with van der Waals surface area (Å²) in [4.78, 5) is 11.8. The van der Waals surface area contributed by atoms with Crippen LogP contribution in [0.1, 0.15) is 32.6 Å². The summed E-state index contributed by atoms with van der Waals surface area (Å²) in [6, 6.07) is 7.14. The van der Waals surface area contributed by atoms with Crippen molar-refractivity contribution >= 4 is 23.4 Å². The first-order valence-electron chi connectivity index (χ1n) is 6.39. The highest BCUT2D eigenvalue weighted by Crippen LogP contribution is 2.27. The van der Waals surface area contributed by atoms with Gasteiger partial charge in [0.2, 0.25) is 0 Å². The molecule has 0 unspecified atom stereocenters. The van der Waals surface area contributed by atoms with Crippen LogP contribution in [-0.2, 0) is 4.74 Å². The van der Waals surface area contributed by atoms with Gasteiger partial charge in [0.15, 0.2) is 0 Å². The van der Waals surface area contributed by atoms with Crippen molar-refractivity contribution in [3.8, 4) is 0 Å². The first-order valence-corrected chi connectivity index (χ1v) is 6.77. The predicted octanol–water partition coefficient (Wildman–Crippen LogP) is 4.47. The summed E-state index contributed by atoms with van der Waals surface area (Å²) in [6.07, 6.45) is 4.06. The maximum Gasteiger partial charge on any atom is 0.411 e. The summed E-state index contributed by atoms with van der Waals surface area (Å²) in [5.74, 6) is 0.441. The maximum atomic E-state index is 11.8. The zero-order chi connectivity index (χ0) is 13.0. The Morgan fingerprint density at radius 3 is 2.78 bits per heavy atom. The standard InChI is InChI=1S/C14H18ClNO2/c1-10-6-2-5-9-13(10)18-14(17)16-12-8-4-3-7-11(12)15/h3-4,7-8,10,13H,2,5-6,9H2,1H3,(H,16,17)/t10-,13+/m0/s1. The van der Waals surface area contributed by atoms with Crippen LogP contribution in [0.5, 0.6) is 0 Å². The van der Waals surface area contributed by atoms with Crippen molar-refractivity contribution in [2.24, 2.45) is 5.92 Å². The van der Waals surface area contributed by atoms with E-state index < -0.39 is 6.09 Å². The third-order valence-corrected chi connectivity index (χ3v) is 3.73. The molecule has 98 valence electrons. The molecule has 4 heteroatoms. The topological polar surface area (TPSA) is 38.3 Å². The van der Waals surface area contributed by atoms with Crippen LogP contribution in [0.15, 0.2) is 24.3 Å². The van der Waals surface area contributed by atoms with Gasteiger partial charge in [0.05, 0.1) is 10.7 Å². The number of anilines is 1. The van der Waals surface area contributed by atoms with E-state index in [2.05, 4.69) is 12.2 Å². The van der Waals surface area contributed by atoms with Gasteiger partial charge in [0.25, 0.3) is 0 Å². The second-order valence-electron chi connectivity index (χ2n) is 4.81. The summed E-state index contributed by atoms with van der Waals surface area (Å²) < 4.78 is 5.45. The molecule has 0 aliphatic heterocycles. The van der Waals surface area contributed by atoms with Crippen molar-refractivity contribution < 1.29 is 9.53 Å². The van der Waals surface area contributed by atoms with Crippen LogP contribution in [0.3, 0.4) is 0 Å². The average Bonchev–Trinajstić information content (AvgIpc) is 2.35. The van der Waals surface area contributed by atoms with Gasteiger partial charge in [-0.15, -0.1) is 0 Å².